The Morgan fingerprint density at radius 3 is 1.17 bits per heavy atom. The van der Waals surface area contributed by atoms with Crippen LogP contribution in [-0.4, -0.2) is 22.1 Å². The van der Waals surface area contributed by atoms with Crippen LogP contribution in [-0.2, 0) is 4.79 Å². The molecule has 0 aliphatic rings. The van der Waals surface area contributed by atoms with Crippen molar-refractivity contribution in [2.45, 2.75) is 7.43 Å². The van der Waals surface area contributed by atoms with Gasteiger partial charge in [-0.25, -0.2) is 0 Å². The van der Waals surface area contributed by atoms with Gasteiger partial charge in [0.05, 0.1) is 0 Å². The summed E-state index contributed by atoms with van der Waals surface area (Å²) in [5.74, 6) is -0.437. The SMILES string of the molecule is C.C=O.Oc1cc(O)cc(O)c1. The lowest BCUT2D eigenvalue weighted by Crippen LogP contribution is -1.66. The average molecular weight is 172 g/mol. The van der Waals surface area contributed by atoms with Crippen molar-refractivity contribution in [3.05, 3.63) is 18.2 Å². The largest absolute Gasteiger partial charge is 0.508 e. The van der Waals surface area contributed by atoms with E-state index in [9.17, 15) is 0 Å². The number of phenols is 3. The lowest BCUT2D eigenvalue weighted by atomic mass is 10.3. The van der Waals surface area contributed by atoms with Crippen LogP contribution in [0.5, 0.6) is 17.2 Å². The number of rotatable bonds is 0. The lowest BCUT2D eigenvalue weighted by Gasteiger charge is -1.94. The maximum absolute atomic E-state index is 8.67. The molecule has 0 fully saturated rings. The zero-order valence-corrected chi connectivity index (χ0v) is 5.69. The predicted octanol–water partition coefficient (Wildman–Crippen LogP) is 1.25. The quantitative estimate of drug-likeness (QED) is 0.550. The van der Waals surface area contributed by atoms with Gasteiger partial charge in [-0.3, -0.25) is 0 Å². The van der Waals surface area contributed by atoms with Gasteiger partial charge in [-0.05, 0) is 0 Å². The van der Waals surface area contributed by atoms with Crippen molar-refractivity contribution in [1.82, 2.24) is 0 Å². The number of phenolic OH excluding ortho intramolecular Hbond substituents is 3. The minimum absolute atomic E-state index is 0. The van der Waals surface area contributed by atoms with Crippen LogP contribution in [0.25, 0.3) is 0 Å². The van der Waals surface area contributed by atoms with Crippen LogP contribution >= 0.6 is 0 Å². The average Bonchev–Trinajstić information content (AvgIpc) is 1.88. The molecule has 0 unspecified atom stereocenters. The van der Waals surface area contributed by atoms with Crippen molar-refractivity contribution in [2.24, 2.45) is 0 Å². The fourth-order valence-electron chi connectivity index (χ4n) is 0.580. The maximum Gasteiger partial charge on any atom is 0.122 e. The van der Waals surface area contributed by atoms with Crippen molar-refractivity contribution in [1.29, 1.82) is 0 Å². The highest BCUT2D eigenvalue weighted by atomic mass is 16.3. The molecule has 0 amide bonds. The molecule has 1 aromatic carbocycles. The third-order valence-electron chi connectivity index (χ3n) is 0.887. The second-order valence-electron chi connectivity index (χ2n) is 1.71. The van der Waals surface area contributed by atoms with Crippen LogP contribution in [0.1, 0.15) is 7.43 Å². The van der Waals surface area contributed by atoms with Gasteiger partial charge in [-0.15, -0.1) is 0 Å². The van der Waals surface area contributed by atoms with Crippen molar-refractivity contribution >= 4 is 6.79 Å². The Bertz CT molecular complexity index is 184. The number of carbonyl (C=O) groups is 1. The van der Waals surface area contributed by atoms with Crippen molar-refractivity contribution < 1.29 is 20.1 Å². The Kier molecular flexibility index (Phi) is 6.49. The van der Waals surface area contributed by atoms with E-state index in [1.165, 1.54) is 0 Å². The van der Waals surface area contributed by atoms with Crippen molar-refractivity contribution in [3.8, 4) is 17.2 Å². The third kappa shape index (κ3) is 4.16. The number of benzene rings is 1. The fourth-order valence-corrected chi connectivity index (χ4v) is 0.580. The highest BCUT2D eigenvalue weighted by Gasteiger charge is 1.94. The zero-order chi connectivity index (χ0) is 8.85. The van der Waals surface area contributed by atoms with Crippen LogP contribution in [0.4, 0.5) is 0 Å². The molecule has 68 valence electrons. The highest BCUT2D eigenvalue weighted by Crippen LogP contribution is 2.23. The molecule has 1 aromatic rings. The number of aromatic hydroxyl groups is 3. The van der Waals surface area contributed by atoms with Crippen molar-refractivity contribution in [3.63, 3.8) is 0 Å². The van der Waals surface area contributed by atoms with E-state index in [0.717, 1.165) is 18.2 Å². The van der Waals surface area contributed by atoms with E-state index in [0.29, 0.717) is 0 Å². The summed E-state index contributed by atoms with van der Waals surface area (Å²) in [7, 11) is 0. The summed E-state index contributed by atoms with van der Waals surface area (Å²) >= 11 is 0. The molecule has 4 nitrogen and oxygen atoms in total. The molecule has 4 heteroatoms. The van der Waals surface area contributed by atoms with Gasteiger partial charge >= 0.3 is 0 Å². The summed E-state index contributed by atoms with van der Waals surface area (Å²) in [6, 6.07) is 3.42. The lowest BCUT2D eigenvalue weighted by molar-refractivity contribution is -0.0979. The van der Waals surface area contributed by atoms with Crippen molar-refractivity contribution in [2.75, 3.05) is 0 Å². The van der Waals surface area contributed by atoms with Gasteiger partial charge in [-0.2, -0.15) is 0 Å². The highest BCUT2D eigenvalue weighted by molar-refractivity contribution is 5.39. The van der Waals surface area contributed by atoms with E-state index in [4.69, 9.17) is 20.1 Å². The number of hydrogen-bond donors (Lipinski definition) is 3. The molecule has 12 heavy (non-hydrogen) atoms. The summed E-state index contributed by atoms with van der Waals surface area (Å²) < 4.78 is 0. The van der Waals surface area contributed by atoms with Crippen LogP contribution in [0, 0.1) is 0 Å². The molecule has 0 saturated heterocycles. The molecule has 1 rings (SSSR count). The van der Waals surface area contributed by atoms with Gasteiger partial charge in [0.25, 0.3) is 0 Å². The van der Waals surface area contributed by atoms with Gasteiger partial charge in [0.1, 0.15) is 24.0 Å². The van der Waals surface area contributed by atoms with Gasteiger partial charge in [-0.1, -0.05) is 7.43 Å². The molecule has 0 radical (unpaired) electrons. The predicted molar refractivity (Wildman–Crippen MR) is 45.3 cm³/mol. The number of carbonyl (C=O) groups excluding carboxylic acids is 1. The molecule has 0 spiro atoms. The summed E-state index contributed by atoms with van der Waals surface area (Å²) in [4.78, 5) is 8.00. The molecule has 0 bridgehead atoms. The number of hydrogen-bond acceptors (Lipinski definition) is 4. The minimum Gasteiger partial charge on any atom is -0.508 e. The molecule has 0 atom stereocenters. The Morgan fingerprint density at radius 2 is 1.00 bits per heavy atom. The van der Waals surface area contributed by atoms with E-state index in [1.807, 2.05) is 6.79 Å². The Morgan fingerprint density at radius 1 is 0.833 bits per heavy atom. The second-order valence-corrected chi connectivity index (χ2v) is 1.71. The van der Waals surface area contributed by atoms with E-state index in [2.05, 4.69) is 0 Å². The fraction of sp³-hybridized carbons (Fsp3) is 0.125. The molecular formula is C8H12O4. The Labute approximate surface area is 70.7 Å². The van der Waals surface area contributed by atoms with E-state index in [-0.39, 0.29) is 24.7 Å². The van der Waals surface area contributed by atoms with Crippen LogP contribution in [0.2, 0.25) is 0 Å². The first-order valence-electron chi connectivity index (χ1n) is 2.69. The van der Waals surface area contributed by atoms with Crippen LogP contribution in [0.3, 0.4) is 0 Å². The van der Waals surface area contributed by atoms with Gasteiger partial charge in [0.2, 0.25) is 0 Å². The Balaban J connectivity index is 0. The molecule has 0 aliphatic heterocycles. The van der Waals surface area contributed by atoms with Gasteiger partial charge in [0, 0.05) is 18.2 Å². The monoisotopic (exact) mass is 172 g/mol. The summed E-state index contributed by atoms with van der Waals surface area (Å²) in [6.07, 6.45) is 0. The van der Waals surface area contributed by atoms with E-state index in [1.54, 1.807) is 0 Å². The second kappa shape index (κ2) is 6.03. The maximum atomic E-state index is 8.67. The smallest absolute Gasteiger partial charge is 0.122 e. The molecular weight excluding hydrogens is 160 g/mol. The standard InChI is InChI=1S/C6H6O3.CH2O.CH4/c7-4-1-5(8)3-6(9)2-4;1-2;/h1-3,7-9H;1H2;1H4. The first kappa shape index (κ1) is 12.9. The van der Waals surface area contributed by atoms with Gasteiger partial charge in [0.15, 0.2) is 0 Å². The topological polar surface area (TPSA) is 77.8 Å². The molecule has 0 saturated carbocycles. The van der Waals surface area contributed by atoms with Crippen LogP contribution < -0.4 is 0 Å². The molecule has 0 heterocycles. The minimum atomic E-state index is -0.146. The molecule has 0 aromatic heterocycles. The molecule has 3 N–H and O–H groups in total. The molecule has 0 aliphatic carbocycles. The third-order valence-corrected chi connectivity index (χ3v) is 0.887. The Hall–Kier alpha value is -1.71. The normalized spacial score (nSPS) is 7.33. The summed E-state index contributed by atoms with van der Waals surface area (Å²) in [5, 5.41) is 26.0. The zero-order valence-electron chi connectivity index (χ0n) is 5.69. The first-order chi connectivity index (χ1) is 5.18. The van der Waals surface area contributed by atoms with E-state index >= 15 is 0 Å². The van der Waals surface area contributed by atoms with E-state index < -0.39 is 0 Å². The first-order valence-corrected chi connectivity index (χ1v) is 2.69. The van der Waals surface area contributed by atoms with Crippen LogP contribution in [0.15, 0.2) is 18.2 Å². The van der Waals surface area contributed by atoms with Gasteiger partial charge < -0.3 is 20.1 Å². The summed E-state index contributed by atoms with van der Waals surface area (Å²) in [5.41, 5.74) is 0. The summed E-state index contributed by atoms with van der Waals surface area (Å²) in [6.45, 7) is 2.00.